The number of ether oxygens (including phenoxy) is 1. The largest absolute Gasteiger partial charge is 0.384 e. The van der Waals surface area contributed by atoms with Crippen molar-refractivity contribution in [2.24, 2.45) is 5.92 Å². The van der Waals surface area contributed by atoms with Gasteiger partial charge in [-0.1, -0.05) is 27.2 Å². The van der Waals surface area contributed by atoms with E-state index in [0.717, 1.165) is 25.8 Å². The Bertz CT molecular complexity index is 283. The van der Waals surface area contributed by atoms with E-state index in [1.807, 2.05) is 11.8 Å². The Morgan fingerprint density at radius 3 is 2.67 bits per heavy atom. The van der Waals surface area contributed by atoms with Crippen molar-refractivity contribution in [2.75, 3.05) is 20.3 Å². The Morgan fingerprint density at radius 2 is 2.17 bits per heavy atom. The van der Waals surface area contributed by atoms with Crippen LogP contribution in [0.25, 0.3) is 0 Å². The van der Waals surface area contributed by atoms with Crippen LogP contribution in [0.4, 0.5) is 0 Å². The maximum absolute atomic E-state index is 12.5. The molecule has 1 saturated heterocycles. The van der Waals surface area contributed by atoms with E-state index in [1.165, 1.54) is 0 Å². The van der Waals surface area contributed by atoms with E-state index >= 15 is 0 Å². The van der Waals surface area contributed by atoms with Crippen molar-refractivity contribution < 1.29 is 9.53 Å². The van der Waals surface area contributed by atoms with Crippen LogP contribution < -0.4 is 5.32 Å². The number of amides is 1. The van der Waals surface area contributed by atoms with Crippen molar-refractivity contribution in [1.29, 1.82) is 0 Å². The maximum Gasteiger partial charge on any atom is 0.243 e. The molecule has 1 N–H and O–H groups in total. The molecule has 1 amide bonds. The maximum atomic E-state index is 12.5. The minimum atomic E-state index is -0.382. The summed E-state index contributed by atoms with van der Waals surface area (Å²) in [6.07, 6.45) is 3.12. The number of nitrogens with zero attached hydrogens (tertiary/aromatic N) is 1. The fourth-order valence-electron chi connectivity index (χ4n) is 2.60. The summed E-state index contributed by atoms with van der Waals surface area (Å²) in [5, 5.41) is 3.50. The van der Waals surface area contributed by atoms with E-state index < -0.39 is 0 Å². The van der Waals surface area contributed by atoms with Gasteiger partial charge >= 0.3 is 0 Å². The molecule has 0 aromatic heterocycles. The number of methoxy groups -OCH3 is 1. The first-order chi connectivity index (χ1) is 8.48. The van der Waals surface area contributed by atoms with E-state index in [0.29, 0.717) is 12.5 Å². The van der Waals surface area contributed by atoms with E-state index in [-0.39, 0.29) is 17.6 Å². The Labute approximate surface area is 111 Å². The minimum absolute atomic E-state index is 0.187. The van der Waals surface area contributed by atoms with Gasteiger partial charge in [0.05, 0.1) is 18.3 Å². The van der Waals surface area contributed by atoms with Gasteiger partial charge in [0.1, 0.15) is 0 Å². The zero-order chi connectivity index (χ0) is 13.8. The lowest BCUT2D eigenvalue weighted by Gasteiger charge is -2.26. The predicted molar refractivity (Wildman–Crippen MR) is 73.3 cm³/mol. The average Bonchev–Trinajstić information content (AvgIpc) is 2.56. The zero-order valence-electron chi connectivity index (χ0n) is 12.5. The van der Waals surface area contributed by atoms with Gasteiger partial charge in [-0.15, -0.1) is 0 Å². The summed E-state index contributed by atoms with van der Waals surface area (Å²) in [6, 6.07) is 0. The molecule has 1 heterocycles. The fourth-order valence-corrected chi connectivity index (χ4v) is 2.60. The molecule has 1 aliphatic heterocycles. The topological polar surface area (TPSA) is 41.6 Å². The Hall–Kier alpha value is -0.610. The number of nitrogens with one attached hydrogen (secondary N) is 1. The lowest BCUT2D eigenvalue weighted by molar-refractivity contribution is -0.133. The van der Waals surface area contributed by atoms with Gasteiger partial charge < -0.3 is 9.64 Å². The van der Waals surface area contributed by atoms with Gasteiger partial charge in [-0.05, 0) is 25.7 Å². The normalized spacial score (nSPS) is 29.9. The fraction of sp³-hybridized carbons (Fsp3) is 0.929. The van der Waals surface area contributed by atoms with Gasteiger partial charge in [0.15, 0.2) is 0 Å². The van der Waals surface area contributed by atoms with Crippen LogP contribution in [-0.4, -0.2) is 42.8 Å². The summed E-state index contributed by atoms with van der Waals surface area (Å²) in [5.41, 5.74) is -0.382. The molecule has 4 heteroatoms. The van der Waals surface area contributed by atoms with Crippen molar-refractivity contribution in [3.8, 4) is 0 Å². The number of carbonyl (C=O) groups excluding carboxylic acids is 1. The van der Waals surface area contributed by atoms with Gasteiger partial charge in [-0.2, -0.15) is 0 Å². The van der Waals surface area contributed by atoms with Crippen LogP contribution in [0, 0.1) is 5.92 Å². The Morgan fingerprint density at radius 1 is 1.50 bits per heavy atom. The molecule has 0 aromatic carbocycles. The molecule has 4 nitrogen and oxygen atoms in total. The summed E-state index contributed by atoms with van der Waals surface area (Å²) in [4.78, 5) is 14.5. The van der Waals surface area contributed by atoms with Crippen molar-refractivity contribution in [2.45, 2.75) is 58.7 Å². The highest BCUT2D eigenvalue weighted by Gasteiger charge is 2.46. The van der Waals surface area contributed by atoms with Crippen LogP contribution in [0.3, 0.4) is 0 Å². The SMILES string of the molecule is CCCC1NC(C)(CC)C(=O)N1CC(C)COC. The first-order valence-corrected chi connectivity index (χ1v) is 7.06. The second kappa shape index (κ2) is 6.53. The van der Waals surface area contributed by atoms with Crippen molar-refractivity contribution in [1.82, 2.24) is 10.2 Å². The molecule has 0 radical (unpaired) electrons. The molecule has 0 saturated carbocycles. The van der Waals surface area contributed by atoms with Gasteiger partial charge in [0, 0.05) is 13.7 Å². The molecule has 1 fully saturated rings. The van der Waals surface area contributed by atoms with Crippen molar-refractivity contribution >= 4 is 5.91 Å². The first kappa shape index (κ1) is 15.4. The lowest BCUT2D eigenvalue weighted by atomic mass is 9.99. The molecule has 3 atom stereocenters. The molecular formula is C14H28N2O2. The molecule has 106 valence electrons. The molecule has 1 aliphatic rings. The van der Waals surface area contributed by atoms with E-state index in [1.54, 1.807) is 7.11 Å². The van der Waals surface area contributed by atoms with Crippen LogP contribution in [0.2, 0.25) is 0 Å². The highest BCUT2D eigenvalue weighted by atomic mass is 16.5. The Balaban J connectivity index is 2.74. The summed E-state index contributed by atoms with van der Waals surface area (Å²) >= 11 is 0. The monoisotopic (exact) mass is 256 g/mol. The number of hydrogen-bond donors (Lipinski definition) is 1. The van der Waals surface area contributed by atoms with Crippen molar-refractivity contribution in [3.05, 3.63) is 0 Å². The molecule has 3 unspecified atom stereocenters. The van der Waals surface area contributed by atoms with Crippen LogP contribution in [0.5, 0.6) is 0 Å². The summed E-state index contributed by atoms with van der Waals surface area (Å²) in [5.74, 6) is 0.616. The highest BCUT2D eigenvalue weighted by Crippen LogP contribution is 2.26. The van der Waals surface area contributed by atoms with Gasteiger partial charge in [-0.3, -0.25) is 10.1 Å². The second-order valence-corrected chi connectivity index (χ2v) is 5.65. The molecule has 1 rings (SSSR count). The third kappa shape index (κ3) is 3.23. The zero-order valence-corrected chi connectivity index (χ0v) is 12.5. The molecule has 0 aromatic rings. The van der Waals surface area contributed by atoms with Crippen LogP contribution in [-0.2, 0) is 9.53 Å². The standard InChI is InChI=1S/C14H28N2O2/c1-6-8-12-15-14(4,7-2)13(17)16(12)9-11(3)10-18-5/h11-12,15H,6-10H2,1-5H3. The predicted octanol–water partition coefficient (Wildman–Crippen LogP) is 2.00. The summed E-state index contributed by atoms with van der Waals surface area (Å²) < 4.78 is 5.16. The lowest BCUT2D eigenvalue weighted by Crippen LogP contribution is -2.43. The second-order valence-electron chi connectivity index (χ2n) is 5.65. The van der Waals surface area contributed by atoms with Crippen molar-refractivity contribution in [3.63, 3.8) is 0 Å². The van der Waals surface area contributed by atoms with Crippen LogP contribution in [0.1, 0.15) is 47.0 Å². The molecule has 0 bridgehead atoms. The van der Waals surface area contributed by atoms with Gasteiger partial charge in [0.25, 0.3) is 0 Å². The number of hydrogen-bond acceptors (Lipinski definition) is 3. The number of rotatable bonds is 7. The summed E-state index contributed by atoms with van der Waals surface area (Å²) in [6.45, 7) is 9.84. The number of carbonyl (C=O) groups is 1. The molecule has 0 aliphatic carbocycles. The first-order valence-electron chi connectivity index (χ1n) is 7.06. The third-order valence-corrected chi connectivity index (χ3v) is 3.82. The van der Waals surface area contributed by atoms with E-state index in [9.17, 15) is 4.79 Å². The van der Waals surface area contributed by atoms with Gasteiger partial charge in [0.2, 0.25) is 5.91 Å². The van der Waals surface area contributed by atoms with Gasteiger partial charge in [-0.25, -0.2) is 0 Å². The highest BCUT2D eigenvalue weighted by molar-refractivity contribution is 5.88. The smallest absolute Gasteiger partial charge is 0.243 e. The summed E-state index contributed by atoms with van der Waals surface area (Å²) in [7, 11) is 1.71. The Kier molecular flexibility index (Phi) is 5.60. The minimum Gasteiger partial charge on any atom is -0.384 e. The quantitative estimate of drug-likeness (QED) is 0.757. The average molecular weight is 256 g/mol. The van der Waals surface area contributed by atoms with E-state index in [2.05, 4.69) is 26.1 Å². The van der Waals surface area contributed by atoms with Crippen LogP contribution >= 0.6 is 0 Å². The molecule has 18 heavy (non-hydrogen) atoms. The molecule has 0 spiro atoms. The molecular weight excluding hydrogens is 228 g/mol. The third-order valence-electron chi connectivity index (χ3n) is 3.82. The van der Waals surface area contributed by atoms with E-state index in [4.69, 9.17) is 4.74 Å². The van der Waals surface area contributed by atoms with Crippen LogP contribution in [0.15, 0.2) is 0 Å².